The van der Waals surface area contributed by atoms with Crippen molar-refractivity contribution in [2.24, 2.45) is 5.41 Å². The number of rotatable bonds is 4. The van der Waals surface area contributed by atoms with E-state index < -0.39 is 17.0 Å². The van der Waals surface area contributed by atoms with E-state index >= 15 is 0 Å². The van der Waals surface area contributed by atoms with Gasteiger partial charge in [0, 0.05) is 24.5 Å². The lowest BCUT2D eigenvalue weighted by Crippen LogP contribution is -2.32. The Labute approximate surface area is 153 Å². The summed E-state index contributed by atoms with van der Waals surface area (Å²) < 4.78 is 29.1. The first-order chi connectivity index (χ1) is 13.0. The predicted molar refractivity (Wildman–Crippen MR) is 92.1 cm³/mol. The van der Waals surface area contributed by atoms with Crippen LogP contribution in [0.2, 0.25) is 0 Å². The lowest BCUT2D eigenvalue weighted by molar-refractivity contribution is -0.119. The number of aromatic nitrogens is 4. The minimum Gasteiger partial charge on any atom is -0.308 e. The molecule has 1 unspecified atom stereocenters. The topological polar surface area (TPSA) is 72.7 Å². The number of hydrogen-bond acceptors (Lipinski definition) is 4. The van der Waals surface area contributed by atoms with Crippen LogP contribution in [-0.4, -0.2) is 25.7 Å². The summed E-state index contributed by atoms with van der Waals surface area (Å²) >= 11 is 0. The van der Waals surface area contributed by atoms with Crippen molar-refractivity contribution in [1.82, 2.24) is 19.7 Å². The molecule has 2 saturated carbocycles. The standard InChI is InChI=1S/C19H15F2N5O/c20-12-8-13(10-22-9-12)26-7-3-15(25-26)24-17(27)19(11-18(19)4-5-18)16-14(21)2-1-6-23-16/h1-3,6-10H,4-5,11H2,(H,24,25,27). The van der Waals surface area contributed by atoms with Crippen molar-refractivity contribution in [3.8, 4) is 5.69 Å². The molecule has 2 aliphatic carbocycles. The smallest absolute Gasteiger partial charge is 0.238 e. The highest BCUT2D eigenvalue weighted by molar-refractivity contribution is 6.02. The quantitative estimate of drug-likeness (QED) is 0.769. The summed E-state index contributed by atoms with van der Waals surface area (Å²) in [5.41, 5.74) is -0.482. The molecule has 1 spiro atoms. The number of nitrogens with zero attached hydrogens (tertiary/aromatic N) is 4. The van der Waals surface area contributed by atoms with Crippen LogP contribution in [0.1, 0.15) is 25.0 Å². The summed E-state index contributed by atoms with van der Waals surface area (Å²) in [5.74, 6) is -0.942. The Morgan fingerprint density at radius 1 is 1.22 bits per heavy atom. The number of carbonyl (C=O) groups is 1. The van der Waals surface area contributed by atoms with Crippen LogP contribution < -0.4 is 5.32 Å². The van der Waals surface area contributed by atoms with Gasteiger partial charge in [0.25, 0.3) is 0 Å². The first-order valence-corrected chi connectivity index (χ1v) is 8.63. The molecule has 0 bridgehead atoms. The second-order valence-electron chi connectivity index (χ2n) is 7.16. The zero-order chi connectivity index (χ0) is 18.6. The minimum absolute atomic E-state index is 0.179. The van der Waals surface area contributed by atoms with E-state index in [1.807, 2.05) is 0 Å². The monoisotopic (exact) mass is 367 g/mol. The Balaban J connectivity index is 1.43. The Bertz CT molecular complexity index is 1060. The van der Waals surface area contributed by atoms with E-state index in [1.165, 1.54) is 35.3 Å². The maximum absolute atomic E-state index is 14.4. The highest BCUT2D eigenvalue weighted by Gasteiger charge is 2.79. The van der Waals surface area contributed by atoms with E-state index in [4.69, 9.17) is 0 Å². The van der Waals surface area contributed by atoms with Crippen molar-refractivity contribution in [1.29, 1.82) is 0 Å². The molecular weight excluding hydrogens is 352 g/mol. The molecule has 1 N–H and O–H groups in total. The Morgan fingerprint density at radius 2 is 2.07 bits per heavy atom. The van der Waals surface area contributed by atoms with Crippen LogP contribution in [-0.2, 0) is 10.2 Å². The summed E-state index contributed by atoms with van der Waals surface area (Å²) in [6.07, 6.45) is 8.04. The molecule has 1 amide bonds. The van der Waals surface area contributed by atoms with E-state index in [9.17, 15) is 13.6 Å². The molecule has 27 heavy (non-hydrogen) atoms. The van der Waals surface area contributed by atoms with Gasteiger partial charge in [-0.05, 0) is 36.8 Å². The third-order valence-corrected chi connectivity index (χ3v) is 5.57. The van der Waals surface area contributed by atoms with Gasteiger partial charge in [0.1, 0.15) is 17.0 Å². The van der Waals surface area contributed by atoms with Crippen molar-refractivity contribution in [3.63, 3.8) is 0 Å². The molecule has 3 aromatic rings. The fraction of sp³-hybridized carbons (Fsp3) is 0.263. The fourth-order valence-corrected chi connectivity index (χ4v) is 3.96. The first kappa shape index (κ1) is 16.0. The Hall–Kier alpha value is -3.16. The van der Waals surface area contributed by atoms with Crippen molar-refractivity contribution in [3.05, 3.63) is 66.4 Å². The second kappa shape index (κ2) is 5.42. The zero-order valence-electron chi connectivity index (χ0n) is 14.2. The molecule has 3 aromatic heterocycles. The molecule has 2 aliphatic rings. The molecule has 0 saturated heterocycles. The molecule has 0 aromatic carbocycles. The predicted octanol–water partition coefficient (Wildman–Crippen LogP) is 3.00. The van der Waals surface area contributed by atoms with Crippen LogP contribution in [0.15, 0.2) is 49.1 Å². The number of nitrogens with one attached hydrogen (secondary N) is 1. The van der Waals surface area contributed by atoms with Gasteiger partial charge >= 0.3 is 0 Å². The molecular formula is C19H15F2N5O. The molecule has 3 heterocycles. The van der Waals surface area contributed by atoms with Crippen molar-refractivity contribution >= 4 is 11.7 Å². The van der Waals surface area contributed by atoms with Gasteiger partial charge in [0.15, 0.2) is 5.82 Å². The van der Waals surface area contributed by atoms with Gasteiger partial charge in [-0.25, -0.2) is 13.5 Å². The third-order valence-electron chi connectivity index (χ3n) is 5.57. The van der Waals surface area contributed by atoms with Gasteiger partial charge in [-0.2, -0.15) is 5.10 Å². The van der Waals surface area contributed by atoms with E-state index in [0.717, 1.165) is 19.0 Å². The van der Waals surface area contributed by atoms with Gasteiger partial charge in [0.05, 0.1) is 23.8 Å². The number of halogens is 2. The number of pyridine rings is 2. The lowest BCUT2D eigenvalue weighted by atomic mass is 9.95. The van der Waals surface area contributed by atoms with E-state index in [0.29, 0.717) is 17.9 Å². The molecule has 2 fully saturated rings. The molecule has 0 radical (unpaired) electrons. The molecule has 1 atom stereocenters. The van der Waals surface area contributed by atoms with Gasteiger partial charge in [-0.15, -0.1) is 0 Å². The van der Waals surface area contributed by atoms with Gasteiger partial charge in [-0.3, -0.25) is 14.8 Å². The molecule has 0 aliphatic heterocycles. The van der Waals surface area contributed by atoms with Crippen molar-refractivity contribution < 1.29 is 13.6 Å². The van der Waals surface area contributed by atoms with Gasteiger partial charge < -0.3 is 5.32 Å². The summed E-state index contributed by atoms with van der Waals surface area (Å²) in [7, 11) is 0. The van der Waals surface area contributed by atoms with Gasteiger partial charge in [0.2, 0.25) is 5.91 Å². The van der Waals surface area contributed by atoms with Crippen molar-refractivity contribution in [2.45, 2.75) is 24.7 Å². The van der Waals surface area contributed by atoms with E-state index in [1.54, 1.807) is 12.3 Å². The number of hydrogen-bond donors (Lipinski definition) is 1. The average molecular weight is 367 g/mol. The summed E-state index contributed by atoms with van der Waals surface area (Å²) in [5, 5.41) is 7.03. The summed E-state index contributed by atoms with van der Waals surface area (Å²) in [6.45, 7) is 0. The summed E-state index contributed by atoms with van der Waals surface area (Å²) in [6, 6.07) is 5.74. The number of anilines is 1. The number of amides is 1. The van der Waals surface area contributed by atoms with Crippen LogP contribution in [0, 0.1) is 17.0 Å². The van der Waals surface area contributed by atoms with E-state index in [2.05, 4.69) is 20.4 Å². The van der Waals surface area contributed by atoms with Crippen LogP contribution in [0.4, 0.5) is 14.6 Å². The van der Waals surface area contributed by atoms with Gasteiger partial charge in [-0.1, -0.05) is 0 Å². The largest absolute Gasteiger partial charge is 0.308 e. The lowest BCUT2D eigenvalue weighted by Gasteiger charge is -2.16. The molecule has 8 heteroatoms. The number of carbonyl (C=O) groups excluding carboxylic acids is 1. The summed E-state index contributed by atoms with van der Waals surface area (Å²) in [4.78, 5) is 21.0. The first-order valence-electron chi connectivity index (χ1n) is 8.63. The SMILES string of the molecule is O=C(Nc1ccn(-c2cncc(F)c2)n1)C1(c2ncccc2F)CC12CC2. The second-order valence-corrected chi connectivity index (χ2v) is 7.16. The third kappa shape index (κ3) is 2.36. The normalized spacial score (nSPS) is 21.9. The molecule has 6 nitrogen and oxygen atoms in total. The zero-order valence-corrected chi connectivity index (χ0v) is 14.2. The Kier molecular flexibility index (Phi) is 3.22. The van der Waals surface area contributed by atoms with E-state index in [-0.39, 0.29) is 17.0 Å². The van der Waals surface area contributed by atoms with Crippen LogP contribution in [0.5, 0.6) is 0 Å². The maximum atomic E-state index is 14.4. The van der Waals surface area contributed by atoms with Crippen molar-refractivity contribution in [2.75, 3.05) is 5.32 Å². The molecule has 5 rings (SSSR count). The molecule has 136 valence electrons. The maximum Gasteiger partial charge on any atom is 0.238 e. The minimum atomic E-state index is -0.942. The fourth-order valence-electron chi connectivity index (χ4n) is 3.96. The van der Waals surface area contributed by atoms with Crippen LogP contribution in [0.25, 0.3) is 5.69 Å². The highest BCUT2D eigenvalue weighted by Crippen LogP contribution is 2.78. The van der Waals surface area contributed by atoms with Crippen LogP contribution in [0.3, 0.4) is 0 Å². The Morgan fingerprint density at radius 3 is 2.78 bits per heavy atom. The van der Waals surface area contributed by atoms with Crippen LogP contribution >= 0.6 is 0 Å². The average Bonchev–Trinajstić information content (AvgIpc) is 3.52. The highest BCUT2D eigenvalue weighted by atomic mass is 19.1.